The average Bonchev–Trinajstić information content (AvgIpc) is 1.43. The summed E-state index contributed by atoms with van der Waals surface area (Å²) in [7, 11) is 3.99. The summed E-state index contributed by atoms with van der Waals surface area (Å²) >= 11 is 5.11. The van der Waals surface area contributed by atoms with Gasteiger partial charge in [0, 0.05) is 82.3 Å². The third kappa shape index (κ3) is 12.0. The van der Waals surface area contributed by atoms with Gasteiger partial charge in [-0.25, -0.2) is 29.9 Å². The summed E-state index contributed by atoms with van der Waals surface area (Å²) in [6.07, 6.45) is 8.92. The number of anilines is 7. The quantitative estimate of drug-likeness (QED) is 0.0923. The Kier molecular flexibility index (Phi) is 16.6. The molecule has 20 rings (SSSR count). The van der Waals surface area contributed by atoms with Crippen LogP contribution in [0.5, 0.6) is 0 Å². The molecule has 12 aromatic carbocycles. The van der Waals surface area contributed by atoms with E-state index < -0.39 is 0 Å². The maximum absolute atomic E-state index is 9.27. The molecule has 0 unspecified atom stereocenters. The number of nitrogens with zero attached hydrogens (tertiary/aromatic N) is 10. The van der Waals surface area contributed by atoms with E-state index in [-0.39, 0.29) is 6.61 Å². The molecule has 0 atom stereocenters. The lowest BCUT2D eigenvalue weighted by Gasteiger charge is -2.26. The molecule has 6 aliphatic heterocycles. The monoisotopic (exact) mass is 1280 g/mol. The number of aliphatic hydroxyl groups excluding tert-OH is 1. The van der Waals surface area contributed by atoms with Crippen LogP contribution in [0.3, 0.4) is 0 Å². The Bertz CT molecular complexity index is 5470. The lowest BCUT2D eigenvalue weighted by molar-refractivity contribution is 0.355. The minimum Gasteiger partial charge on any atom is -0.388 e. The van der Waals surface area contributed by atoms with Crippen molar-refractivity contribution in [1.82, 2.24) is 15.0 Å². The Labute approximate surface area is 565 Å². The third-order valence-electron chi connectivity index (χ3n) is 17.7. The van der Waals surface area contributed by atoms with Crippen LogP contribution < -0.4 is 36.0 Å². The van der Waals surface area contributed by atoms with E-state index in [1.807, 2.05) is 116 Å². The van der Waals surface area contributed by atoms with Crippen molar-refractivity contribution in [2.45, 2.75) is 13.8 Å². The molecule has 14 aromatic rings. The number of nitrogens with one attached hydrogen (secondary N) is 5. The second kappa shape index (κ2) is 26.5. The summed E-state index contributed by atoms with van der Waals surface area (Å²) in [5.41, 5.74) is 15.0. The number of H-pyrrole nitrogens is 1. The van der Waals surface area contributed by atoms with Crippen LogP contribution in [-0.4, -0.2) is 82.1 Å². The van der Waals surface area contributed by atoms with Gasteiger partial charge in [0.2, 0.25) is 0 Å². The van der Waals surface area contributed by atoms with Crippen LogP contribution >= 0.6 is 12.2 Å². The number of likely N-dealkylation sites (N-methyl/N-ethyl adjacent to an activating group) is 1. The van der Waals surface area contributed by atoms with Crippen molar-refractivity contribution < 1.29 is 5.11 Å². The van der Waals surface area contributed by atoms with Crippen LogP contribution in [0.2, 0.25) is 0 Å². The van der Waals surface area contributed by atoms with Gasteiger partial charge in [-0.15, -0.1) is 0 Å². The summed E-state index contributed by atoms with van der Waals surface area (Å²) in [4.78, 5) is 40.3. The molecule has 6 aliphatic rings. The predicted molar refractivity (Wildman–Crippen MR) is 411 cm³/mol. The second-order valence-corrected chi connectivity index (χ2v) is 23.9. The topological polar surface area (TPSA) is 181 Å². The molecule has 0 bridgehead atoms. The van der Waals surface area contributed by atoms with Crippen molar-refractivity contribution in [2.24, 2.45) is 25.0 Å². The number of hydrogen-bond acceptors (Lipinski definition) is 14. The van der Waals surface area contributed by atoms with Gasteiger partial charge in [-0.3, -0.25) is 4.98 Å². The Balaban J connectivity index is 0.0000000956. The van der Waals surface area contributed by atoms with E-state index in [0.717, 1.165) is 97.6 Å². The lowest BCUT2D eigenvalue weighted by Crippen LogP contribution is -2.30. The molecule has 0 fully saturated rings. The number of thiocarbonyl (C=S) groups is 1. The Morgan fingerprint density at radius 2 is 0.845 bits per heavy atom. The van der Waals surface area contributed by atoms with Gasteiger partial charge in [-0.2, -0.15) is 0 Å². The molecular weight excluding hydrogens is 1220 g/mol. The number of rotatable bonds is 4. The van der Waals surface area contributed by atoms with E-state index in [9.17, 15) is 5.11 Å². The molecule has 0 amide bonds. The number of aliphatic hydroxyl groups is 1. The van der Waals surface area contributed by atoms with Gasteiger partial charge in [-0.1, -0.05) is 146 Å². The molecule has 8 heterocycles. The number of aromatic amines is 1. The van der Waals surface area contributed by atoms with Crippen LogP contribution in [0.4, 0.5) is 68.2 Å². The number of imidazole rings is 1. The zero-order chi connectivity index (χ0) is 65.9. The molecule has 0 aliphatic carbocycles. The van der Waals surface area contributed by atoms with Gasteiger partial charge in [0.15, 0.2) is 10.9 Å². The highest BCUT2D eigenvalue weighted by Gasteiger charge is 2.22. The standard InChI is InChI=1S/C16H11N3.C14H10N4.C13H12N2O.2C13H12N2.C11H8N2S/c1-4-11-5-2-8-14-15(11)13(7-1)18-16(19-14)12-6-3-9-17-10-12;1-3-9-4-2-6-11-13(9)10(5-1)17-14(18-11)12-7-15-8-16-12;1-15-11-7-3-5-9-4-2-6-10(13(9)11)14-12(15)8-16;1-9-14-11-7-3-5-10-6-4-8-12(13(10)11)15(9)2;1-2-15-9-14-11-7-3-5-10-6-4-8-12(15)13(10)11;14-11-12-8-5-1-3-7-4-2-6-9(13-11)10(7)8/h1-10H,(H,18,19);1-8H,(H,15,16)(H,17,18);2-7,16H,8H2,1H3;3-8H,1-2H3;3-9H,2H2,1H3;1-6H,(H2,12,13,14). The molecule has 17 heteroatoms. The van der Waals surface area contributed by atoms with Crippen LogP contribution in [-0.2, 0) is 0 Å². The first-order valence-electron chi connectivity index (χ1n) is 32.0. The predicted octanol–water partition coefficient (Wildman–Crippen LogP) is 18.8. The molecular formula is C80H65N15OS. The van der Waals surface area contributed by atoms with E-state index in [1.54, 1.807) is 18.7 Å². The molecule has 16 nitrogen and oxygen atoms in total. The molecule has 0 saturated carbocycles. The highest BCUT2D eigenvalue weighted by molar-refractivity contribution is 7.80. The highest BCUT2D eigenvalue weighted by Crippen LogP contribution is 2.42. The highest BCUT2D eigenvalue weighted by atomic mass is 32.1. The Morgan fingerprint density at radius 3 is 1.35 bits per heavy atom. The minimum atomic E-state index is -0.0405. The zero-order valence-electron chi connectivity index (χ0n) is 53.6. The van der Waals surface area contributed by atoms with E-state index >= 15 is 0 Å². The van der Waals surface area contributed by atoms with Gasteiger partial charge in [0.1, 0.15) is 29.8 Å². The largest absolute Gasteiger partial charge is 0.388 e. The number of aliphatic imine (C=N–C) groups is 5. The fourth-order valence-electron chi connectivity index (χ4n) is 12.9. The van der Waals surface area contributed by atoms with Gasteiger partial charge in [0.05, 0.1) is 75.7 Å². The molecule has 97 heavy (non-hydrogen) atoms. The Hall–Kier alpha value is -12.4. The van der Waals surface area contributed by atoms with Crippen molar-refractivity contribution in [1.29, 1.82) is 0 Å². The average molecular weight is 1280 g/mol. The van der Waals surface area contributed by atoms with Crippen LogP contribution in [0, 0.1) is 0 Å². The molecule has 6 N–H and O–H groups in total. The maximum atomic E-state index is 9.27. The van der Waals surface area contributed by atoms with Gasteiger partial charge < -0.3 is 46.1 Å². The first kappa shape index (κ1) is 60.8. The first-order valence-corrected chi connectivity index (χ1v) is 32.4. The molecule has 2 aromatic heterocycles. The van der Waals surface area contributed by atoms with Crippen molar-refractivity contribution >= 4 is 180 Å². The summed E-state index contributed by atoms with van der Waals surface area (Å²) in [6, 6.07) is 78.5. The van der Waals surface area contributed by atoms with E-state index in [0.29, 0.717) is 10.9 Å². The summed E-state index contributed by atoms with van der Waals surface area (Å²) < 4.78 is 0. The fraction of sp³-hybridized carbons (Fsp3) is 0.0750. The van der Waals surface area contributed by atoms with Crippen molar-refractivity contribution in [2.75, 3.05) is 63.2 Å². The third-order valence-corrected chi connectivity index (χ3v) is 17.9. The lowest BCUT2D eigenvalue weighted by atomic mass is 10.0. The molecule has 0 saturated heterocycles. The minimum absolute atomic E-state index is 0.0405. The van der Waals surface area contributed by atoms with Crippen molar-refractivity contribution in [3.8, 4) is 0 Å². The first-order chi connectivity index (χ1) is 47.7. The van der Waals surface area contributed by atoms with E-state index in [1.165, 1.54) is 70.6 Å². The normalized spacial score (nSPS) is 13.6. The van der Waals surface area contributed by atoms with E-state index in [4.69, 9.17) is 17.2 Å². The van der Waals surface area contributed by atoms with Crippen LogP contribution in [0.25, 0.3) is 64.6 Å². The van der Waals surface area contributed by atoms with E-state index in [2.05, 4.69) is 226 Å². The Morgan fingerprint density at radius 1 is 0.412 bits per heavy atom. The second-order valence-electron chi connectivity index (χ2n) is 23.5. The van der Waals surface area contributed by atoms with Crippen LogP contribution in [0.1, 0.15) is 25.1 Å². The number of aromatic nitrogens is 3. The van der Waals surface area contributed by atoms with Crippen molar-refractivity contribution in [3.05, 3.63) is 267 Å². The summed E-state index contributed by atoms with van der Waals surface area (Å²) in [6.45, 7) is 5.09. The van der Waals surface area contributed by atoms with Gasteiger partial charge >= 0.3 is 0 Å². The molecule has 0 radical (unpaired) electrons. The fourth-order valence-corrected chi connectivity index (χ4v) is 13.1. The summed E-state index contributed by atoms with van der Waals surface area (Å²) in [5, 5.41) is 37.5. The zero-order valence-corrected chi connectivity index (χ0v) is 54.4. The number of benzene rings is 12. The van der Waals surface area contributed by atoms with Gasteiger partial charge in [-0.05, 0) is 143 Å². The number of amidine groups is 4. The maximum Gasteiger partial charge on any atom is 0.175 e. The number of hydrogen-bond donors (Lipinski definition) is 6. The summed E-state index contributed by atoms with van der Waals surface area (Å²) in [5.74, 6) is 3.38. The molecule has 0 spiro atoms. The SMILES string of the molecule is CC1=Nc2cccc3cccc(c23)N1C.CCN1C=Nc2cccc3cccc1c23.CN1C(CO)=Nc2cccc3cccc1c23.S=C1Nc2cccc3cccc(c23)N1.c1cc2c3c(cccc3c1)NC(c1cnc[nH]1)=N2.c1cncc(C2=Nc3cccc4cccc(c34)N2)c1. The smallest absolute Gasteiger partial charge is 0.175 e. The number of pyridine rings is 1. The van der Waals surface area contributed by atoms with Crippen LogP contribution in [0.15, 0.2) is 280 Å². The van der Waals surface area contributed by atoms with Crippen molar-refractivity contribution in [3.63, 3.8) is 0 Å². The van der Waals surface area contributed by atoms with Gasteiger partial charge in [0.25, 0.3) is 0 Å². The molecule has 472 valence electrons.